The number of ether oxygens (including phenoxy) is 2. The first-order chi connectivity index (χ1) is 8.65. The van der Waals surface area contributed by atoms with E-state index >= 15 is 0 Å². The lowest BCUT2D eigenvalue weighted by molar-refractivity contribution is -0.384. The zero-order valence-corrected chi connectivity index (χ0v) is 10.2. The smallest absolute Gasteiger partial charge is 0.269 e. The lowest BCUT2D eigenvalue weighted by Crippen LogP contribution is -2.42. The summed E-state index contributed by atoms with van der Waals surface area (Å²) >= 11 is 0. The first kappa shape index (κ1) is 12.8. The largest absolute Gasteiger partial charge is 0.491 e. The molecule has 1 aliphatic rings. The number of morpholine rings is 1. The normalized spacial score (nSPS) is 20.6. The van der Waals surface area contributed by atoms with E-state index in [1.807, 2.05) is 7.05 Å². The number of non-ortho nitro benzene ring substituents is 1. The summed E-state index contributed by atoms with van der Waals surface area (Å²) in [5.41, 5.74) is 0.0657. The molecule has 1 aromatic carbocycles. The fourth-order valence-corrected chi connectivity index (χ4v) is 1.82. The van der Waals surface area contributed by atoms with E-state index in [2.05, 4.69) is 4.90 Å². The summed E-state index contributed by atoms with van der Waals surface area (Å²) in [7, 11) is 2.04. The Morgan fingerprint density at radius 1 is 1.50 bits per heavy atom. The van der Waals surface area contributed by atoms with Crippen LogP contribution in [0.25, 0.3) is 0 Å². The van der Waals surface area contributed by atoms with Gasteiger partial charge in [-0.3, -0.25) is 10.1 Å². The van der Waals surface area contributed by atoms with Gasteiger partial charge in [0.25, 0.3) is 5.69 Å². The van der Waals surface area contributed by atoms with Gasteiger partial charge < -0.3 is 14.4 Å². The van der Waals surface area contributed by atoms with Gasteiger partial charge in [0, 0.05) is 25.2 Å². The summed E-state index contributed by atoms with van der Waals surface area (Å²) in [6, 6.07) is 6.07. The first-order valence-corrected chi connectivity index (χ1v) is 5.82. The molecule has 18 heavy (non-hydrogen) atoms. The highest BCUT2D eigenvalue weighted by Crippen LogP contribution is 2.17. The summed E-state index contributed by atoms with van der Waals surface area (Å²) in [6.07, 6.45) is 0.0546. The van der Waals surface area contributed by atoms with Crippen LogP contribution in [0.5, 0.6) is 5.75 Å². The van der Waals surface area contributed by atoms with Crippen LogP contribution in [-0.2, 0) is 4.74 Å². The van der Waals surface area contributed by atoms with Crippen molar-refractivity contribution < 1.29 is 14.4 Å². The van der Waals surface area contributed by atoms with Crippen LogP contribution in [0.4, 0.5) is 5.69 Å². The van der Waals surface area contributed by atoms with Crippen LogP contribution in [0, 0.1) is 10.1 Å². The molecule has 0 radical (unpaired) electrons. The number of nitro groups is 1. The quantitative estimate of drug-likeness (QED) is 0.597. The van der Waals surface area contributed by atoms with Gasteiger partial charge in [-0.25, -0.2) is 0 Å². The standard InChI is InChI=1S/C12H16N2O4/c1-13-6-7-17-12(8-13)9-18-11-4-2-10(3-5-11)14(15)16/h2-5,12H,6-9H2,1H3. The highest BCUT2D eigenvalue weighted by Gasteiger charge is 2.18. The van der Waals surface area contributed by atoms with E-state index in [9.17, 15) is 10.1 Å². The Bertz CT molecular complexity index is 407. The Morgan fingerprint density at radius 3 is 2.83 bits per heavy atom. The van der Waals surface area contributed by atoms with Gasteiger partial charge in [-0.2, -0.15) is 0 Å². The zero-order chi connectivity index (χ0) is 13.0. The highest BCUT2D eigenvalue weighted by atomic mass is 16.6. The van der Waals surface area contributed by atoms with Crippen molar-refractivity contribution >= 4 is 5.69 Å². The second kappa shape index (κ2) is 5.79. The van der Waals surface area contributed by atoms with E-state index in [1.54, 1.807) is 12.1 Å². The van der Waals surface area contributed by atoms with Crippen molar-refractivity contribution in [2.24, 2.45) is 0 Å². The third-order valence-electron chi connectivity index (χ3n) is 2.83. The summed E-state index contributed by atoms with van der Waals surface area (Å²) in [5.74, 6) is 0.623. The SMILES string of the molecule is CN1CCOC(COc2ccc([N+](=O)[O-])cc2)C1. The third kappa shape index (κ3) is 3.41. The average Bonchev–Trinajstić information content (AvgIpc) is 2.37. The van der Waals surface area contributed by atoms with Crippen molar-refractivity contribution in [3.63, 3.8) is 0 Å². The molecule has 0 saturated carbocycles. The summed E-state index contributed by atoms with van der Waals surface area (Å²) < 4.78 is 11.1. The predicted octanol–water partition coefficient (Wildman–Crippen LogP) is 1.30. The predicted molar refractivity (Wildman–Crippen MR) is 65.8 cm³/mol. The van der Waals surface area contributed by atoms with Gasteiger partial charge >= 0.3 is 0 Å². The van der Waals surface area contributed by atoms with Crippen molar-refractivity contribution in [2.45, 2.75) is 6.10 Å². The molecule has 1 unspecified atom stereocenters. The van der Waals surface area contributed by atoms with E-state index in [1.165, 1.54) is 12.1 Å². The molecule has 6 heteroatoms. The lowest BCUT2D eigenvalue weighted by atomic mass is 10.3. The Morgan fingerprint density at radius 2 is 2.22 bits per heavy atom. The monoisotopic (exact) mass is 252 g/mol. The van der Waals surface area contributed by atoms with Crippen molar-refractivity contribution in [1.82, 2.24) is 4.90 Å². The van der Waals surface area contributed by atoms with Crippen molar-refractivity contribution in [1.29, 1.82) is 0 Å². The van der Waals surface area contributed by atoms with Gasteiger partial charge in [0.2, 0.25) is 0 Å². The summed E-state index contributed by atoms with van der Waals surface area (Å²) in [5, 5.41) is 10.5. The summed E-state index contributed by atoms with van der Waals surface area (Å²) in [6.45, 7) is 2.95. The molecule has 6 nitrogen and oxygen atoms in total. The number of hydrogen-bond acceptors (Lipinski definition) is 5. The van der Waals surface area contributed by atoms with E-state index in [0.29, 0.717) is 19.0 Å². The van der Waals surface area contributed by atoms with E-state index in [0.717, 1.165) is 13.1 Å². The number of nitro benzene ring substituents is 1. The lowest BCUT2D eigenvalue weighted by Gasteiger charge is -2.29. The third-order valence-corrected chi connectivity index (χ3v) is 2.83. The molecular formula is C12H16N2O4. The number of nitrogens with zero attached hydrogens (tertiary/aromatic N) is 2. The minimum absolute atomic E-state index is 0.0546. The topological polar surface area (TPSA) is 64.8 Å². The van der Waals surface area contributed by atoms with Crippen LogP contribution in [-0.4, -0.2) is 49.3 Å². The molecule has 0 N–H and O–H groups in total. The molecule has 98 valence electrons. The van der Waals surface area contributed by atoms with Crippen LogP contribution in [0.2, 0.25) is 0 Å². The number of likely N-dealkylation sites (N-methyl/N-ethyl adjacent to an activating group) is 1. The minimum Gasteiger partial charge on any atom is -0.491 e. The van der Waals surface area contributed by atoms with E-state index in [4.69, 9.17) is 9.47 Å². The van der Waals surface area contributed by atoms with Crippen LogP contribution < -0.4 is 4.74 Å². The van der Waals surface area contributed by atoms with Gasteiger partial charge in [-0.15, -0.1) is 0 Å². The molecule has 2 rings (SSSR count). The average molecular weight is 252 g/mol. The Labute approximate surface area is 105 Å². The van der Waals surface area contributed by atoms with Gasteiger partial charge in [-0.1, -0.05) is 0 Å². The molecule has 0 aromatic heterocycles. The van der Waals surface area contributed by atoms with Crippen LogP contribution >= 0.6 is 0 Å². The van der Waals surface area contributed by atoms with Gasteiger partial charge in [-0.05, 0) is 19.2 Å². The maximum atomic E-state index is 10.5. The van der Waals surface area contributed by atoms with Gasteiger partial charge in [0.05, 0.1) is 11.5 Å². The molecular weight excluding hydrogens is 236 g/mol. The van der Waals surface area contributed by atoms with Crippen molar-refractivity contribution in [2.75, 3.05) is 33.4 Å². The summed E-state index contributed by atoms with van der Waals surface area (Å²) in [4.78, 5) is 12.3. The molecule has 1 aliphatic heterocycles. The first-order valence-electron chi connectivity index (χ1n) is 5.82. The van der Waals surface area contributed by atoms with Crippen LogP contribution in [0.3, 0.4) is 0 Å². The molecule has 1 saturated heterocycles. The molecule has 1 heterocycles. The number of benzene rings is 1. The minimum atomic E-state index is -0.428. The second-order valence-corrected chi connectivity index (χ2v) is 4.32. The van der Waals surface area contributed by atoms with E-state index in [-0.39, 0.29) is 11.8 Å². The number of hydrogen-bond donors (Lipinski definition) is 0. The van der Waals surface area contributed by atoms with E-state index < -0.39 is 4.92 Å². The zero-order valence-electron chi connectivity index (χ0n) is 10.2. The Hall–Kier alpha value is -1.66. The molecule has 1 fully saturated rings. The molecule has 1 aromatic rings. The maximum Gasteiger partial charge on any atom is 0.269 e. The fraction of sp³-hybridized carbons (Fsp3) is 0.500. The maximum absolute atomic E-state index is 10.5. The Kier molecular flexibility index (Phi) is 4.11. The molecule has 0 spiro atoms. The highest BCUT2D eigenvalue weighted by molar-refractivity contribution is 5.35. The second-order valence-electron chi connectivity index (χ2n) is 4.32. The Balaban J connectivity index is 1.84. The molecule has 1 atom stereocenters. The van der Waals surface area contributed by atoms with Crippen molar-refractivity contribution in [3.05, 3.63) is 34.4 Å². The molecule has 0 amide bonds. The molecule has 0 aliphatic carbocycles. The number of rotatable bonds is 4. The van der Waals surface area contributed by atoms with Gasteiger partial charge in [0.15, 0.2) is 0 Å². The van der Waals surface area contributed by atoms with Crippen LogP contribution in [0.15, 0.2) is 24.3 Å². The molecule has 0 bridgehead atoms. The van der Waals surface area contributed by atoms with Gasteiger partial charge in [0.1, 0.15) is 18.5 Å². The fourth-order valence-electron chi connectivity index (χ4n) is 1.82. The van der Waals surface area contributed by atoms with Crippen LogP contribution in [0.1, 0.15) is 0 Å². The van der Waals surface area contributed by atoms with Crippen molar-refractivity contribution in [3.8, 4) is 5.75 Å².